The summed E-state index contributed by atoms with van der Waals surface area (Å²) in [4.78, 5) is 22.3. The molecule has 0 aliphatic heterocycles. The van der Waals surface area contributed by atoms with Gasteiger partial charge in [0.25, 0.3) is 0 Å². The van der Waals surface area contributed by atoms with Gasteiger partial charge < -0.3 is 26.2 Å². The van der Waals surface area contributed by atoms with Gasteiger partial charge in [0.1, 0.15) is 11.6 Å². The Labute approximate surface area is 120 Å². The van der Waals surface area contributed by atoms with Gasteiger partial charge in [-0.25, -0.2) is 4.79 Å². The second-order valence-corrected chi connectivity index (χ2v) is 5.56. The lowest BCUT2D eigenvalue weighted by atomic mass is 10.1. The van der Waals surface area contributed by atoms with Crippen LogP contribution in [0, 0.1) is 0 Å². The van der Waals surface area contributed by atoms with E-state index in [0.717, 1.165) is 0 Å². The summed E-state index contributed by atoms with van der Waals surface area (Å²) in [6.07, 6.45) is 1.34. The number of hydrogen-bond donors (Lipinski definition) is 4. The van der Waals surface area contributed by atoms with Crippen LogP contribution in [-0.4, -0.2) is 48.4 Å². The molecular formula is C13H27N3O4. The van der Waals surface area contributed by atoms with Crippen molar-refractivity contribution in [2.75, 3.05) is 19.6 Å². The summed E-state index contributed by atoms with van der Waals surface area (Å²) in [5.74, 6) is -0.876. The molecule has 1 atom stereocenters. The van der Waals surface area contributed by atoms with E-state index in [1.165, 1.54) is 0 Å². The van der Waals surface area contributed by atoms with Gasteiger partial charge in [-0.2, -0.15) is 0 Å². The maximum absolute atomic E-state index is 11.3. The predicted molar refractivity (Wildman–Crippen MR) is 76.6 cm³/mol. The Kier molecular flexibility index (Phi) is 8.91. The topological polar surface area (TPSA) is 114 Å². The molecular weight excluding hydrogens is 262 g/mol. The zero-order valence-corrected chi connectivity index (χ0v) is 12.6. The Balaban J connectivity index is 3.73. The number of carbonyl (C=O) groups is 2. The van der Waals surface area contributed by atoms with Gasteiger partial charge in [0, 0.05) is 6.54 Å². The number of hydrogen-bond acceptors (Lipinski definition) is 5. The van der Waals surface area contributed by atoms with Crippen molar-refractivity contribution < 1.29 is 19.4 Å². The van der Waals surface area contributed by atoms with E-state index >= 15 is 0 Å². The summed E-state index contributed by atoms with van der Waals surface area (Å²) in [7, 11) is 0. The molecule has 0 bridgehead atoms. The normalized spacial score (nSPS) is 12.8. The lowest BCUT2D eigenvalue weighted by molar-refractivity contribution is -0.139. The molecule has 0 aliphatic carbocycles. The molecule has 0 spiro atoms. The number of aliphatic carboxylic acids is 1. The van der Waals surface area contributed by atoms with Crippen molar-refractivity contribution in [3.05, 3.63) is 0 Å². The van der Waals surface area contributed by atoms with Crippen molar-refractivity contribution in [3.63, 3.8) is 0 Å². The van der Waals surface area contributed by atoms with Gasteiger partial charge in [0.05, 0.1) is 0 Å². The maximum Gasteiger partial charge on any atom is 0.407 e. The molecule has 0 aromatic rings. The van der Waals surface area contributed by atoms with E-state index in [2.05, 4.69) is 10.6 Å². The lowest BCUT2D eigenvalue weighted by Crippen LogP contribution is -2.39. The minimum atomic E-state index is -0.876. The second-order valence-electron chi connectivity index (χ2n) is 5.56. The smallest absolute Gasteiger partial charge is 0.407 e. The van der Waals surface area contributed by atoms with Crippen LogP contribution in [-0.2, 0) is 9.53 Å². The van der Waals surface area contributed by atoms with Crippen LogP contribution in [0.15, 0.2) is 0 Å². The molecule has 0 saturated carbocycles. The summed E-state index contributed by atoms with van der Waals surface area (Å²) >= 11 is 0. The second kappa shape index (κ2) is 9.55. The molecule has 0 aromatic heterocycles. The van der Waals surface area contributed by atoms with Crippen LogP contribution < -0.4 is 16.4 Å². The van der Waals surface area contributed by atoms with Gasteiger partial charge in [-0.3, -0.25) is 4.79 Å². The zero-order chi connectivity index (χ0) is 15.6. The summed E-state index contributed by atoms with van der Waals surface area (Å²) < 4.78 is 5.08. The van der Waals surface area contributed by atoms with E-state index in [1.54, 1.807) is 20.8 Å². The van der Waals surface area contributed by atoms with Crippen LogP contribution in [0.4, 0.5) is 4.79 Å². The Morgan fingerprint density at radius 3 is 2.40 bits per heavy atom. The number of rotatable bonds is 9. The lowest BCUT2D eigenvalue weighted by Gasteiger charge is -2.19. The zero-order valence-electron chi connectivity index (χ0n) is 12.6. The molecule has 20 heavy (non-hydrogen) atoms. The SMILES string of the molecule is CC(C)(C)OC(=O)NCCCN[C@@H](CCCN)C(=O)O. The fraction of sp³-hybridized carbons (Fsp3) is 0.846. The Bertz CT molecular complexity index is 302. The first-order chi connectivity index (χ1) is 9.26. The van der Waals surface area contributed by atoms with Crippen molar-refractivity contribution >= 4 is 12.1 Å². The van der Waals surface area contributed by atoms with E-state index in [4.69, 9.17) is 15.6 Å². The fourth-order valence-electron chi connectivity index (χ4n) is 1.50. The van der Waals surface area contributed by atoms with Crippen LogP contribution in [0.5, 0.6) is 0 Å². The van der Waals surface area contributed by atoms with Gasteiger partial charge in [-0.05, 0) is 53.1 Å². The summed E-state index contributed by atoms with van der Waals surface area (Å²) in [5.41, 5.74) is 4.84. The highest BCUT2D eigenvalue weighted by Gasteiger charge is 2.16. The van der Waals surface area contributed by atoms with Gasteiger partial charge in [-0.1, -0.05) is 0 Å². The highest BCUT2D eigenvalue weighted by molar-refractivity contribution is 5.73. The highest BCUT2D eigenvalue weighted by atomic mass is 16.6. The van der Waals surface area contributed by atoms with Gasteiger partial charge in [0.15, 0.2) is 0 Å². The summed E-state index contributed by atoms with van der Waals surface area (Å²) in [5, 5.41) is 14.5. The van der Waals surface area contributed by atoms with Crippen LogP contribution in [0.1, 0.15) is 40.0 Å². The van der Waals surface area contributed by atoms with Crippen molar-refractivity contribution in [1.29, 1.82) is 0 Å². The Hall–Kier alpha value is -1.34. The van der Waals surface area contributed by atoms with Gasteiger partial charge in [0.2, 0.25) is 0 Å². The highest BCUT2D eigenvalue weighted by Crippen LogP contribution is 2.06. The van der Waals surface area contributed by atoms with E-state index in [0.29, 0.717) is 38.9 Å². The predicted octanol–water partition coefficient (Wildman–Crippen LogP) is 0.683. The number of carboxylic acid groups (broad SMARTS) is 1. The van der Waals surface area contributed by atoms with E-state index in [9.17, 15) is 9.59 Å². The fourth-order valence-corrected chi connectivity index (χ4v) is 1.50. The summed E-state index contributed by atoms with van der Waals surface area (Å²) in [6.45, 7) is 6.81. The van der Waals surface area contributed by atoms with E-state index in [1.807, 2.05) is 0 Å². The monoisotopic (exact) mass is 289 g/mol. The molecule has 0 rings (SSSR count). The first-order valence-electron chi connectivity index (χ1n) is 6.89. The number of nitrogens with one attached hydrogen (secondary N) is 2. The number of ether oxygens (including phenoxy) is 1. The molecule has 7 nitrogen and oxygen atoms in total. The standard InChI is InChI=1S/C13H27N3O4/c1-13(2,3)20-12(19)16-9-5-8-15-10(11(17)18)6-4-7-14/h10,15H,4-9,14H2,1-3H3,(H,16,19)(H,17,18)/t10-/m0/s1. The molecule has 0 unspecified atom stereocenters. The molecule has 0 heterocycles. The average molecular weight is 289 g/mol. The van der Waals surface area contributed by atoms with Crippen molar-refractivity contribution in [2.24, 2.45) is 5.73 Å². The third kappa shape index (κ3) is 10.6. The van der Waals surface area contributed by atoms with Crippen LogP contribution in [0.2, 0.25) is 0 Å². The van der Waals surface area contributed by atoms with Crippen molar-refractivity contribution in [2.45, 2.75) is 51.7 Å². The Morgan fingerprint density at radius 2 is 1.90 bits per heavy atom. The molecule has 7 heteroatoms. The van der Waals surface area contributed by atoms with Crippen LogP contribution in [0.25, 0.3) is 0 Å². The van der Waals surface area contributed by atoms with Gasteiger partial charge in [-0.15, -0.1) is 0 Å². The largest absolute Gasteiger partial charge is 0.480 e. The summed E-state index contributed by atoms with van der Waals surface area (Å²) in [6, 6.07) is -0.583. The van der Waals surface area contributed by atoms with Crippen molar-refractivity contribution in [1.82, 2.24) is 10.6 Å². The molecule has 0 aliphatic rings. The molecule has 1 amide bonds. The minimum absolute atomic E-state index is 0.436. The number of nitrogens with two attached hydrogens (primary N) is 1. The molecule has 0 saturated heterocycles. The Morgan fingerprint density at radius 1 is 1.25 bits per heavy atom. The van der Waals surface area contributed by atoms with Crippen LogP contribution >= 0.6 is 0 Å². The molecule has 0 aromatic carbocycles. The molecule has 118 valence electrons. The van der Waals surface area contributed by atoms with E-state index < -0.39 is 23.7 Å². The minimum Gasteiger partial charge on any atom is -0.480 e. The van der Waals surface area contributed by atoms with E-state index in [-0.39, 0.29) is 0 Å². The molecule has 0 fully saturated rings. The number of carbonyl (C=O) groups excluding carboxylic acids is 1. The third-order valence-corrected chi connectivity index (χ3v) is 2.41. The first kappa shape index (κ1) is 18.7. The number of alkyl carbamates (subject to hydrolysis) is 1. The van der Waals surface area contributed by atoms with Crippen LogP contribution in [0.3, 0.4) is 0 Å². The first-order valence-corrected chi connectivity index (χ1v) is 6.89. The molecule has 5 N–H and O–H groups in total. The number of carboxylic acids is 1. The van der Waals surface area contributed by atoms with Gasteiger partial charge >= 0.3 is 12.1 Å². The average Bonchev–Trinajstić information content (AvgIpc) is 2.29. The maximum atomic E-state index is 11.3. The quantitative estimate of drug-likeness (QED) is 0.464. The number of amides is 1. The third-order valence-electron chi connectivity index (χ3n) is 2.41. The molecule has 0 radical (unpaired) electrons. The van der Waals surface area contributed by atoms with Crippen molar-refractivity contribution in [3.8, 4) is 0 Å².